The summed E-state index contributed by atoms with van der Waals surface area (Å²) in [6.07, 6.45) is 0. The number of aryl methyl sites for hydroxylation is 3. The molecule has 1 aliphatic rings. The van der Waals surface area contributed by atoms with Crippen molar-refractivity contribution in [2.75, 3.05) is 0 Å². The van der Waals surface area contributed by atoms with Crippen LogP contribution in [0.2, 0.25) is 0 Å². The molecule has 0 N–H and O–H groups in total. The van der Waals surface area contributed by atoms with Crippen LogP contribution in [-0.4, -0.2) is 18.3 Å². The molecule has 26 heavy (non-hydrogen) atoms. The Hall–Kier alpha value is -1.58. The molecule has 2 aromatic rings. The van der Waals surface area contributed by atoms with Crippen LogP contribution in [0.5, 0.6) is 0 Å². The smallest absolute Gasteiger partial charge is 0.399 e. The minimum atomic E-state index is -0.261. The average molecular weight is 356 g/mol. The summed E-state index contributed by atoms with van der Waals surface area (Å²) in [5.74, 6) is 0. The van der Waals surface area contributed by atoms with Gasteiger partial charge in [0.15, 0.2) is 0 Å². The molecule has 1 fully saturated rings. The predicted molar refractivity (Wildman–Crippen MR) is 116 cm³/mol. The van der Waals surface area contributed by atoms with Crippen LogP contribution in [0, 0.1) is 20.8 Å². The van der Waals surface area contributed by atoms with E-state index in [1.54, 1.807) is 0 Å². The molecular weight excluding hydrogens is 319 g/mol. The van der Waals surface area contributed by atoms with Crippen LogP contribution in [0.15, 0.2) is 48.5 Å². The highest BCUT2D eigenvalue weighted by Gasteiger charge is 2.51. The van der Waals surface area contributed by atoms with Gasteiger partial charge >= 0.3 is 7.12 Å². The maximum Gasteiger partial charge on any atom is 0.494 e. The van der Waals surface area contributed by atoms with E-state index in [1.807, 2.05) is 0 Å². The van der Waals surface area contributed by atoms with Crippen LogP contribution in [-0.2, 0) is 9.31 Å². The fraction of sp³-hybridized carbons (Fsp3) is 0.478. The zero-order valence-electron chi connectivity index (χ0n) is 16.0. The van der Waals surface area contributed by atoms with E-state index >= 15 is 0 Å². The molecule has 144 valence electrons. The second kappa shape index (κ2) is 9.39. The van der Waals surface area contributed by atoms with E-state index in [2.05, 4.69) is 97.0 Å². The molecule has 0 unspecified atom stereocenters. The molecule has 2 aromatic carbocycles. The molecule has 0 radical (unpaired) electrons. The van der Waals surface area contributed by atoms with Gasteiger partial charge in [0.1, 0.15) is 0 Å². The SMILES string of the molecule is C.C.Cc1ccc(B2OC(C)(C)C(C)(C)O2)cc1.Cc1ccc(C)cc1. The summed E-state index contributed by atoms with van der Waals surface area (Å²) < 4.78 is 11.9. The first-order valence-corrected chi connectivity index (χ1v) is 8.56. The zero-order chi connectivity index (χ0) is 18.0. The van der Waals surface area contributed by atoms with Gasteiger partial charge in [-0.25, -0.2) is 0 Å². The predicted octanol–water partition coefficient (Wildman–Crippen LogP) is 5.87. The minimum absolute atomic E-state index is 0. The van der Waals surface area contributed by atoms with Crippen molar-refractivity contribution in [2.45, 2.75) is 74.5 Å². The Balaban J connectivity index is 0.000000536. The lowest BCUT2D eigenvalue weighted by Gasteiger charge is -2.32. The molecule has 0 aromatic heterocycles. The lowest BCUT2D eigenvalue weighted by Crippen LogP contribution is -2.41. The van der Waals surface area contributed by atoms with Gasteiger partial charge in [-0.1, -0.05) is 80.1 Å². The summed E-state index contributed by atoms with van der Waals surface area (Å²) in [6, 6.07) is 16.8. The van der Waals surface area contributed by atoms with Gasteiger partial charge in [0, 0.05) is 0 Å². The summed E-state index contributed by atoms with van der Waals surface area (Å²) >= 11 is 0. The normalized spacial score (nSPS) is 16.7. The van der Waals surface area contributed by atoms with Crippen LogP contribution >= 0.6 is 0 Å². The van der Waals surface area contributed by atoms with Crippen molar-refractivity contribution in [2.24, 2.45) is 0 Å². The van der Waals surface area contributed by atoms with E-state index in [1.165, 1.54) is 16.7 Å². The summed E-state index contributed by atoms with van der Waals surface area (Å²) in [4.78, 5) is 0. The lowest BCUT2D eigenvalue weighted by atomic mass is 9.79. The summed E-state index contributed by atoms with van der Waals surface area (Å²) in [6.45, 7) is 14.6. The topological polar surface area (TPSA) is 18.5 Å². The van der Waals surface area contributed by atoms with Crippen LogP contribution < -0.4 is 5.46 Å². The molecule has 1 saturated heterocycles. The first kappa shape index (κ1) is 24.4. The third kappa shape index (κ3) is 6.00. The second-order valence-electron chi connectivity index (χ2n) is 7.65. The molecule has 0 saturated carbocycles. The van der Waals surface area contributed by atoms with Crippen LogP contribution in [0.4, 0.5) is 0 Å². The minimum Gasteiger partial charge on any atom is -0.399 e. The van der Waals surface area contributed by atoms with Crippen molar-refractivity contribution in [1.82, 2.24) is 0 Å². The summed E-state index contributed by atoms with van der Waals surface area (Å²) in [5.41, 5.74) is 4.47. The van der Waals surface area contributed by atoms with Gasteiger partial charge in [0.25, 0.3) is 0 Å². The Morgan fingerprint density at radius 2 is 0.846 bits per heavy atom. The molecule has 0 atom stereocenters. The molecule has 3 heteroatoms. The van der Waals surface area contributed by atoms with Crippen molar-refractivity contribution in [1.29, 1.82) is 0 Å². The average Bonchev–Trinajstić information content (AvgIpc) is 2.72. The van der Waals surface area contributed by atoms with Gasteiger partial charge < -0.3 is 9.31 Å². The van der Waals surface area contributed by atoms with Gasteiger partial charge in [-0.2, -0.15) is 0 Å². The van der Waals surface area contributed by atoms with E-state index in [-0.39, 0.29) is 33.2 Å². The second-order valence-corrected chi connectivity index (χ2v) is 7.65. The maximum atomic E-state index is 5.97. The van der Waals surface area contributed by atoms with Crippen LogP contribution in [0.1, 0.15) is 59.2 Å². The van der Waals surface area contributed by atoms with Crippen molar-refractivity contribution in [3.05, 3.63) is 65.2 Å². The van der Waals surface area contributed by atoms with Gasteiger partial charge in [-0.3, -0.25) is 0 Å². The molecule has 1 heterocycles. The van der Waals surface area contributed by atoms with Gasteiger partial charge in [0.05, 0.1) is 11.2 Å². The van der Waals surface area contributed by atoms with E-state index in [4.69, 9.17) is 9.31 Å². The van der Waals surface area contributed by atoms with Gasteiger partial charge in [-0.15, -0.1) is 0 Å². The fourth-order valence-corrected chi connectivity index (χ4v) is 2.34. The number of hydrogen-bond donors (Lipinski definition) is 0. The van der Waals surface area contributed by atoms with Crippen molar-refractivity contribution in [3.8, 4) is 0 Å². The largest absolute Gasteiger partial charge is 0.494 e. The first-order chi connectivity index (χ1) is 11.1. The quantitative estimate of drug-likeness (QED) is 0.595. The van der Waals surface area contributed by atoms with Crippen molar-refractivity contribution < 1.29 is 9.31 Å². The Bertz CT molecular complexity index is 621. The number of hydrogen-bond acceptors (Lipinski definition) is 2. The molecule has 1 aliphatic heterocycles. The Kier molecular flexibility index (Phi) is 8.82. The van der Waals surface area contributed by atoms with E-state index in [9.17, 15) is 0 Å². The Morgan fingerprint density at radius 1 is 0.577 bits per heavy atom. The lowest BCUT2D eigenvalue weighted by molar-refractivity contribution is 0.00578. The van der Waals surface area contributed by atoms with Gasteiger partial charge in [-0.05, 0) is 53.9 Å². The highest BCUT2D eigenvalue weighted by atomic mass is 16.7. The zero-order valence-corrected chi connectivity index (χ0v) is 16.0. The molecule has 0 spiro atoms. The summed E-state index contributed by atoms with van der Waals surface area (Å²) in [7, 11) is -0.245. The highest BCUT2D eigenvalue weighted by Crippen LogP contribution is 2.36. The Morgan fingerprint density at radius 3 is 1.15 bits per heavy atom. The number of rotatable bonds is 1. The maximum absolute atomic E-state index is 5.97. The highest BCUT2D eigenvalue weighted by molar-refractivity contribution is 6.62. The van der Waals surface area contributed by atoms with Crippen LogP contribution in [0.3, 0.4) is 0 Å². The van der Waals surface area contributed by atoms with Gasteiger partial charge in [0.2, 0.25) is 0 Å². The van der Waals surface area contributed by atoms with Crippen LogP contribution in [0.25, 0.3) is 0 Å². The first-order valence-electron chi connectivity index (χ1n) is 8.56. The Labute approximate surface area is 162 Å². The third-order valence-electron chi connectivity index (χ3n) is 4.82. The van der Waals surface area contributed by atoms with Crippen molar-refractivity contribution in [3.63, 3.8) is 0 Å². The third-order valence-corrected chi connectivity index (χ3v) is 4.82. The molecule has 2 nitrogen and oxygen atoms in total. The number of benzene rings is 2. The standard InChI is InChI=1S/C13H19BO2.C8H10.2CH4/c1-10-6-8-11(9-7-10)14-15-12(2,3)13(4,5)16-14;1-7-3-5-8(2)6-4-7;;/h6-9H,1-5H3;3-6H,1-2H3;2*1H4. The molecule has 3 rings (SSSR count). The fourth-order valence-electron chi connectivity index (χ4n) is 2.34. The molecule has 0 bridgehead atoms. The van der Waals surface area contributed by atoms with E-state index in [0.29, 0.717) is 0 Å². The molecular formula is C23H37BO2. The van der Waals surface area contributed by atoms with E-state index in [0.717, 1.165) is 5.46 Å². The molecule has 0 aliphatic carbocycles. The van der Waals surface area contributed by atoms with Crippen molar-refractivity contribution >= 4 is 12.6 Å². The monoisotopic (exact) mass is 356 g/mol. The summed E-state index contributed by atoms with van der Waals surface area (Å²) in [5, 5.41) is 0. The molecule has 0 amide bonds. The van der Waals surface area contributed by atoms with E-state index < -0.39 is 0 Å².